The van der Waals surface area contributed by atoms with E-state index in [1.165, 1.54) is 4.90 Å². The normalized spacial score (nSPS) is 10.3. The Morgan fingerprint density at radius 3 is 2.20 bits per heavy atom. The van der Waals surface area contributed by atoms with Crippen LogP contribution in [-0.2, 0) is 0 Å². The summed E-state index contributed by atoms with van der Waals surface area (Å²) in [7, 11) is 0. The van der Waals surface area contributed by atoms with E-state index < -0.39 is 0 Å². The van der Waals surface area contributed by atoms with Crippen LogP contribution in [0.5, 0.6) is 11.5 Å². The summed E-state index contributed by atoms with van der Waals surface area (Å²) in [6, 6.07) is 14.4. The van der Waals surface area contributed by atoms with Gasteiger partial charge in [0, 0.05) is 4.90 Å². The van der Waals surface area contributed by atoms with Crippen LogP contribution < -0.4 is 9.47 Å². The maximum atomic E-state index is 5.75. The molecule has 0 aliphatic rings. The van der Waals surface area contributed by atoms with Crippen molar-refractivity contribution in [2.24, 2.45) is 0 Å². The molecule has 3 heteroatoms. The van der Waals surface area contributed by atoms with Crippen molar-refractivity contribution in [3.63, 3.8) is 0 Å². The molecule has 0 spiro atoms. The summed E-state index contributed by atoms with van der Waals surface area (Å²) < 4.78 is 11.4. The van der Waals surface area contributed by atoms with Crippen molar-refractivity contribution in [2.75, 3.05) is 13.2 Å². The van der Waals surface area contributed by atoms with Crippen LogP contribution in [0.15, 0.2) is 52.3 Å². The van der Waals surface area contributed by atoms with Crippen LogP contribution in [0.25, 0.3) is 0 Å². The lowest BCUT2D eigenvalue weighted by molar-refractivity contribution is 0.322. The smallest absolute Gasteiger partial charge is 0.133 e. The zero-order valence-electron chi connectivity index (χ0n) is 12.2. The Labute approximate surface area is 125 Å². The third-order valence-corrected chi connectivity index (χ3v) is 3.86. The standard InChI is InChI=1S/C17H20O2S/c1-4-18-15-12-17(16(19-5-2)11-13(15)3)20-14-9-7-6-8-10-14/h6-12H,4-5H2,1-3H3. The van der Waals surface area contributed by atoms with Gasteiger partial charge < -0.3 is 9.47 Å². The highest BCUT2D eigenvalue weighted by molar-refractivity contribution is 7.99. The van der Waals surface area contributed by atoms with E-state index >= 15 is 0 Å². The van der Waals surface area contributed by atoms with Gasteiger partial charge in [-0.25, -0.2) is 0 Å². The first-order valence-corrected chi connectivity index (χ1v) is 7.69. The minimum atomic E-state index is 0.662. The molecule has 0 aliphatic heterocycles. The predicted molar refractivity (Wildman–Crippen MR) is 84.1 cm³/mol. The topological polar surface area (TPSA) is 18.5 Å². The van der Waals surface area contributed by atoms with Crippen LogP contribution in [0, 0.1) is 6.92 Å². The minimum Gasteiger partial charge on any atom is -0.494 e. The van der Waals surface area contributed by atoms with Gasteiger partial charge in [-0.15, -0.1) is 0 Å². The lowest BCUT2D eigenvalue weighted by Gasteiger charge is -2.14. The number of aryl methyl sites for hydroxylation is 1. The fraction of sp³-hybridized carbons (Fsp3) is 0.294. The van der Waals surface area contributed by atoms with Crippen LogP contribution >= 0.6 is 11.8 Å². The first kappa shape index (κ1) is 14.8. The first-order valence-electron chi connectivity index (χ1n) is 6.87. The van der Waals surface area contributed by atoms with Crippen LogP contribution in [0.2, 0.25) is 0 Å². The lowest BCUT2D eigenvalue weighted by atomic mass is 10.2. The number of ether oxygens (including phenoxy) is 2. The van der Waals surface area contributed by atoms with Gasteiger partial charge in [-0.2, -0.15) is 0 Å². The number of benzene rings is 2. The van der Waals surface area contributed by atoms with Crippen LogP contribution in [0.4, 0.5) is 0 Å². The summed E-state index contributed by atoms with van der Waals surface area (Å²) >= 11 is 1.70. The fourth-order valence-corrected chi connectivity index (χ4v) is 2.85. The largest absolute Gasteiger partial charge is 0.494 e. The molecule has 0 aromatic heterocycles. The van der Waals surface area contributed by atoms with Crippen LogP contribution in [0.3, 0.4) is 0 Å². The molecule has 0 saturated heterocycles. The van der Waals surface area contributed by atoms with Crippen molar-refractivity contribution in [1.82, 2.24) is 0 Å². The molecule has 0 N–H and O–H groups in total. The van der Waals surface area contributed by atoms with Gasteiger partial charge in [0.25, 0.3) is 0 Å². The van der Waals surface area contributed by atoms with E-state index in [0.29, 0.717) is 13.2 Å². The zero-order valence-corrected chi connectivity index (χ0v) is 13.0. The molecule has 106 valence electrons. The average Bonchev–Trinajstić information content (AvgIpc) is 2.45. The van der Waals surface area contributed by atoms with Crippen molar-refractivity contribution >= 4 is 11.8 Å². The van der Waals surface area contributed by atoms with E-state index in [4.69, 9.17) is 9.47 Å². The highest BCUT2D eigenvalue weighted by Gasteiger charge is 2.11. The molecule has 20 heavy (non-hydrogen) atoms. The van der Waals surface area contributed by atoms with Gasteiger partial charge in [0.2, 0.25) is 0 Å². The van der Waals surface area contributed by atoms with Gasteiger partial charge in [-0.05, 0) is 50.6 Å². The van der Waals surface area contributed by atoms with E-state index in [1.54, 1.807) is 11.8 Å². The Morgan fingerprint density at radius 1 is 0.900 bits per heavy atom. The minimum absolute atomic E-state index is 0.662. The van der Waals surface area contributed by atoms with E-state index in [2.05, 4.69) is 24.3 Å². The summed E-state index contributed by atoms with van der Waals surface area (Å²) in [5.74, 6) is 1.84. The third kappa shape index (κ3) is 3.70. The average molecular weight is 288 g/mol. The third-order valence-electron chi connectivity index (χ3n) is 2.81. The Balaban J connectivity index is 2.34. The van der Waals surface area contributed by atoms with Crippen molar-refractivity contribution in [3.8, 4) is 11.5 Å². The number of hydrogen-bond donors (Lipinski definition) is 0. The van der Waals surface area contributed by atoms with E-state index in [-0.39, 0.29) is 0 Å². The Kier molecular flexibility index (Phi) is 5.36. The highest BCUT2D eigenvalue weighted by atomic mass is 32.2. The van der Waals surface area contributed by atoms with E-state index in [9.17, 15) is 0 Å². The van der Waals surface area contributed by atoms with Gasteiger partial charge >= 0.3 is 0 Å². The number of rotatable bonds is 6. The Morgan fingerprint density at radius 2 is 1.55 bits per heavy atom. The molecule has 0 unspecified atom stereocenters. The van der Waals surface area contributed by atoms with E-state index in [1.807, 2.05) is 39.0 Å². The predicted octanol–water partition coefficient (Wildman–Crippen LogP) is 4.94. The van der Waals surface area contributed by atoms with Crippen LogP contribution in [-0.4, -0.2) is 13.2 Å². The summed E-state index contributed by atoms with van der Waals surface area (Å²) in [4.78, 5) is 2.28. The van der Waals surface area contributed by atoms with Crippen molar-refractivity contribution in [2.45, 2.75) is 30.6 Å². The summed E-state index contributed by atoms with van der Waals surface area (Å²) in [6.07, 6.45) is 0. The quantitative estimate of drug-likeness (QED) is 0.749. The van der Waals surface area contributed by atoms with Gasteiger partial charge in [-0.1, -0.05) is 30.0 Å². The Bertz CT molecular complexity index is 552. The van der Waals surface area contributed by atoms with Gasteiger partial charge in [-0.3, -0.25) is 0 Å². The first-order chi connectivity index (χ1) is 9.74. The molecule has 0 saturated carbocycles. The lowest BCUT2D eigenvalue weighted by Crippen LogP contribution is -1.98. The zero-order chi connectivity index (χ0) is 14.4. The molecule has 2 nitrogen and oxygen atoms in total. The molecule has 2 aromatic carbocycles. The second kappa shape index (κ2) is 7.25. The molecular weight excluding hydrogens is 268 g/mol. The molecular formula is C17H20O2S. The Hall–Kier alpha value is -1.61. The highest BCUT2D eigenvalue weighted by Crippen LogP contribution is 2.39. The maximum Gasteiger partial charge on any atom is 0.133 e. The van der Waals surface area contributed by atoms with Gasteiger partial charge in [0.15, 0.2) is 0 Å². The summed E-state index contributed by atoms with van der Waals surface area (Å²) in [5, 5.41) is 0. The summed E-state index contributed by atoms with van der Waals surface area (Å²) in [5.41, 5.74) is 1.10. The molecule has 0 radical (unpaired) electrons. The monoisotopic (exact) mass is 288 g/mol. The molecule has 2 aromatic rings. The summed E-state index contributed by atoms with van der Waals surface area (Å²) in [6.45, 7) is 7.38. The molecule has 0 fully saturated rings. The number of hydrogen-bond acceptors (Lipinski definition) is 3. The fourth-order valence-electron chi connectivity index (χ4n) is 1.92. The van der Waals surface area contributed by atoms with Crippen molar-refractivity contribution < 1.29 is 9.47 Å². The van der Waals surface area contributed by atoms with Crippen molar-refractivity contribution in [1.29, 1.82) is 0 Å². The SMILES string of the molecule is CCOc1cc(Sc2ccccc2)c(OCC)cc1C. The van der Waals surface area contributed by atoms with Crippen molar-refractivity contribution in [3.05, 3.63) is 48.0 Å². The van der Waals surface area contributed by atoms with Gasteiger partial charge in [0.05, 0.1) is 18.1 Å². The molecule has 2 rings (SSSR count). The molecule has 0 atom stereocenters. The second-order valence-corrected chi connectivity index (χ2v) is 5.46. The van der Waals surface area contributed by atoms with E-state index in [0.717, 1.165) is 22.0 Å². The van der Waals surface area contributed by atoms with Gasteiger partial charge in [0.1, 0.15) is 11.5 Å². The maximum absolute atomic E-state index is 5.75. The second-order valence-electron chi connectivity index (χ2n) is 4.35. The van der Waals surface area contributed by atoms with Crippen LogP contribution in [0.1, 0.15) is 19.4 Å². The molecule has 0 aliphatic carbocycles. The molecule has 0 heterocycles. The molecule has 0 amide bonds. The molecule has 0 bridgehead atoms.